The minimum atomic E-state index is -1.21. The molecule has 1 heterocycles. The summed E-state index contributed by atoms with van der Waals surface area (Å²) in [6.45, 7) is 0. The highest BCUT2D eigenvalue weighted by molar-refractivity contribution is 7.80. The minimum Gasteiger partial charge on any atom is -0.480 e. The fourth-order valence-electron chi connectivity index (χ4n) is 1.29. The van der Waals surface area contributed by atoms with Gasteiger partial charge in [-0.3, -0.25) is 19.2 Å². The van der Waals surface area contributed by atoms with E-state index in [0.717, 1.165) is 5.69 Å². The van der Waals surface area contributed by atoms with Crippen molar-refractivity contribution in [2.75, 3.05) is 5.75 Å². The summed E-state index contributed by atoms with van der Waals surface area (Å²) in [5.41, 5.74) is 20.6. The Balaban J connectivity index is 0. The first-order valence-electron chi connectivity index (χ1n) is 7.73. The number of aliphatic carboxylic acids is 3. The van der Waals surface area contributed by atoms with Gasteiger partial charge in [0, 0.05) is 18.3 Å². The lowest BCUT2D eigenvalue weighted by Crippen LogP contribution is -2.34. The summed E-state index contributed by atoms with van der Waals surface area (Å²) < 4.78 is 0. The van der Waals surface area contributed by atoms with Crippen LogP contribution in [0.15, 0.2) is 12.5 Å². The Morgan fingerprint density at radius 2 is 1.50 bits per heavy atom. The van der Waals surface area contributed by atoms with Gasteiger partial charge in [0.05, 0.1) is 12.7 Å². The maximum Gasteiger partial charge on any atom is 0.321 e. The Kier molecular flexibility index (Phi) is 15.1. The summed E-state index contributed by atoms with van der Waals surface area (Å²) in [5, 5.41) is 24.7. The van der Waals surface area contributed by atoms with Gasteiger partial charge in [0.1, 0.15) is 18.1 Å². The lowest BCUT2D eigenvalue weighted by atomic mass is 10.2. The molecule has 0 fully saturated rings. The average Bonchev–Trinajstić information content (AvgIpc) is 3.08. The number of nitrogens with zero attached hydrogens (tertiary/aromatic N) is 1. The van der Waals surface area contributed by atoms with Crippen molar-refractivity contribution >= 4 is 36.4 Å². The topological polar surface area (TPSA) is 262 Å². The number of aromatic nitrogens is 2. The van der Waals surface area contributed by atoms with Crippen LogP contribution in [0.1, 0.15) is 18.5 Å². The normalized spacial score (nSPS) is 12.9. The molecule has 0 aliphatic heterocycles. The van der Waals surface area contributed by atoms with Gasteiger partial charge in [0.15, 0.2) is 0 Å². The number of imidazole rings is 1. The highest BCUT2D eigenvalue weighted by Crippen LogP contribution is 1.95. The van der Waals surface area contributed by atoms with Crippen molar-refractivity contribution in [1.82, 2.24) is 9.97 Å². The standard InChI is InChI=1S/C6H9N3O2.C4H8N2O3.C4H9NO2S/c7-5(6(10)11)1-4-2-8-3-9-4;5-2(4(8)9)1-3(6)7;5-3(1-2-8)4(6)7/h2-3,5H,1,7H2,(H,8,9)(H,10,11);2H,1,5H2,(H2,6,7)(H,8,9);3,8H,1-2,5H2,(H,6,7). The molecular formula is C14H26N6O7S. The third-order valence-corrected chi connectivity index (χ3v) is 3.07. The molecule has 13 nitrogen and oxygen atoms in total. The number of nitrogens with one attached hydrogen (secondary N) is 1. The van der Waals surface area contributed by atoms with E-state index in [0.29, 0.717) is 12.2 Å². The number of carbonyl (C=O) groups is 4. The summed E-state index contributed by atoms with van der Waals surface area (Å²) in [7, 11) is 0. The van der Waals surface area contributed by atoms with Crippen molar-refractivity contribution in [3.8, 4) is 0 Å². The fraction of sp³-hybridized carbons (Fsp3) is 0.500. The van der Waals surface area contributed by atoms with Gasteiger partial charge in [0.25, 0.3) is 0 Å². The van der Waals surface area contributed by atoms with Gasteiger partial charge in [-0.2, -0.15) is 12.6 Å². The summed E-state index contributed by atoms with van der Waals surface area (Å²) in [4.78, 5) is 46.6. The zero-order valence-electron chi connectivity index (χ0n) is 14.9. The number of carbonyl (C=O) groups excluding carboxylic acids is 1. The lowest BCUT2D eigenvalue weighted by Gasteiger charge is -2.02. The number of amides is 1. The number of carboxylic acids is 3. The predicted octanol–water partition coefficient (Wildman–Crippen LogP) is -2.64. The van der Waals surface area contributed by atoms with Crippen LogP contribution in [0.5, 0.6) is 0 Å². The maximum absolute atomic E-state index is 10.3. The van der Waals surface area contributed by atoms with Crippen molar-refractivity contribution in [2.45, 2.75) is 37.4 Å². The summed E-state index contributed by atoms with van der Waals surface area (Å²) in [6, 6.07) is -2.76. The molecule has 0 aliphatic rings. The van der Waals surface area contributed by atoms with Gasteiger partial charge in [-0.05, 0) is 12.2 Å². The second-order valence-electron chi connectivity index (χ2n) is 5.30. The van der Waals surface area contributed by atoms with Gasteiger partial charge >= 0.3 is 17.9 Å². The van der Waals surface area contributed by atoms with Crippen molar-refractivity contribution < 1.29 is 34.5 Å². The van der Waals surface area contributed by atoms with Crippen LogP contribution in [0.25, 0.3) is 0 Å². The van der Waals surface area contributed by atoms with Crippen LogP contribution in [-0.4, -0.2) is 73.0 Å². The SMILES string of the molecule is NC(=O)CC(N)C(=O)O.NC(CCS)C(=O)O.NC(Cc1cnc[nH]1)C(=O)O. The van der Waals surface area contributed by atoms with Crippen LogP contribution < -0.4 is 22.9 Å². The first kappa shape index (κ1) is 27.5. The Hall–Kier alpha value is -2.68. The van der Waals surface area contributed by atoms with Crippen LogP contribution in [0.3, 0.4) is 0 Å². The first-order chi connectivity index (χ1) is 12.9. The third-order valence-electron chi connectivity index (χ3n) is 2.81. The van der Waals surface area contributed by atoms with Crippen molar-refractivity contribution in [2.24, 2.45) is 22.9 Å². The van der Waals surface area contributed by atoms with Gasteiger partial charge in [-0.15, -0.1) is 0 Å². The molecule has 1 amide bonds. The van der Waals surface area contributed by atoms with Crippen LogP contribution >= 0.6 is 12.6 Å². The monoisotopic (exact) mass is 422 g/mol. The molecule has 0 saturated heterocycles. The number of primary amides is 1. The third kappa shape index (κ3) is 15.6. The lowest BCUT2D eigenvalue weighted by molar-refractivity contribution is -0.140. The van der Waals surface area contributed by atoms with E-state index in [1.165, 1.54) is 6.33 Å². The number of nitrogens with two attached hydrogens (primary N) is 4. The molecule has 1 aromatic rings. The molecule has 0 saturated carbocycles. The van der Waals surface area contributed by atoms with Crippen molar-refractivity contribution in [3.05, 3.63) is 18.2 Å². The number of rotatable bonds is 9. The Morgan fingerprint density at radius 1 is 1.00 bits per heavy atom. The molecule has 160 valence electrons. The molecule has 0 radical (unpaired) electrons. The largest absolute Gasteiger partial charge is 0.480 e. The van der Waals surface area contributed by atoms with Crippen LogP contribution in [0.4, 0.5) is 0 Å². The summed E-state index contributed by atoms with van der Waals surface area (Å²) >= 11 is 3.81. The Morgan fingerprint density at radius 3 is 1.75 bits per heavy atom. The zero-order chi connectivity index (χ0) is 22.3. The average molecular weight is 422 g/mol. The van der Waals surface area contributed by atoms with Gasteiger partial charge in [-0.1, -0.05) is 0 Å². The van der Waals surface area contributed by atoms with E-state index in [1.54, 1.807) is 6.20 Å². The van der Waals surface area contributed by atoms with E-state index in [2.05, 4.69) is 28.3 Å². The van der Waals surface area contributed by atoms with E-state index >= 15 is 0 Å². The maximum atomic E-state index is 10.3. The van der Waals surface area contributed by atoms with Crippen LogP contribution in [0, 0.1) is 0 Å². The number of carboxylic acid groups (broad SMARTS) is 3. The van der Waals surface area contributed by atoms with Crippen LogP contribution in [-0.2, 0) is 25.6 Å². The second kappa shape index (κ2) is 15.4. The highest BCUT2D eigenvalue weighted by atomic mass is 32.1. The molecule has 0 aromatic carbocycles. The number of aromatic amines is 1. The number of thiol groups is 1. The molecule has 0 aliphatic carbocycles. The molecule has 1 rings (SSSR count). The first-order valence-corrected chi connectivity index (χ1v) is 8.37. The van der Waals surface area contributed by atoms with Crippen molar-refractivity contribution in [3.63, 3.8) is 0 Å². The molecule has 1 aromatic heterocycles. The predicted molar refractivity (Wildman–Crippen MR) is 101 cm³/mol. The zero-order valence-corrected chi connectivity index (χ0v) is 15.8. The number of H-pyrrole nitrogens is 1. The smallest absolute Gasteiger partial charge is 0.321 e. The van der Waals surface area contributed by atoms with Gasteiger partial charge in [-0.25, -0.2) is 4.98 Å². The molecule has 14 heteroatoms. The van der Waals surface area contributed by atoms with E-state index in [-0.39, 0.29) is 12.8 Å². The number of hydrogen-bond donors (Lipinski definition) is 9. The van der Waals surface area contributed by atoms with Gasteiger partial charge < -0.3 is 43.2 Å². The van der Waals surface area contributed by atoms with E-state index in [1.807, 2.05) is 0 Å². The minimum absolute atomic E-state index is 0.287. The van der Waals surface area contributed by atoms with E-state index < -0.39 is 41.9 Å². The van der Waals surface area contributed by atoms with Crippen molar-refractivity contribution in [1.29, 1.82) is 0 Å². The van der Waals surface area contributed by atoms with E-state index in [4.69, 9.17) is 32.5 Å². The molecule has 12 N–H and O–H groups in total. The quantitative estimate of drug-likeness (QED) is 0.185. The summed E-state index contributed by atoms with van der Waals surface area (Å²) in [5.74, 6) is -3.36. The molecular weight excluding hydrogens is 396 g/mol. The Labute approximate surface area is 165 Å². The molecule has 3 atom stereocenters. The highest BCUT2D eigenvalue weighted by Gasteiger charge is 2.13. The summed E-state index contributed by atoms with van der Waals surface area (Å²) in [6.07, 6.45) is 3.45. The van der Waals surface area contributed by atoms with Gasteiger partial charge in [0.2, 0.25) is 5.91 Å². The fourth-order valence-corrected chi connectivity index (χ4v) is 1.57. The van der Waals surface area contributed by atoms with Crippen LogP contribution in [0.2, 0.25) is 0 Å². The number of hydrogen-bond acceptors (Lipinski definition) is 9. The molecule has 0 spiro atoms. The molecule has 0 bridgehead atoms. The second-order valence-corrected chi connectivity index (χ2v) is 5.75. The molecule has 3 unspecified atom stereocenters. The Bertz CT molecular complexity index is 613. The van der Waals surface area contributed by atoms with E-state index in [9.17, 15) is 19.2 Å². The molecule has 28 heavy (non-hydrogen) atoms.